The Morgan fingerprint density at radius 1 is 1.18 bits per heavy atom. The van der Waals surface area contributed by atoms with Crippen molar-refractivity contribution in [1.82, 2.24) is 4.90 Å². The summed E-state index contributed by atoms with van der Waals surface area (Å²) in [4.78, 5) is 2.42. The van der Waals surface area contributed by atoms with E-state index in [2.05, 4.69) is 32.6 Å². The van der Waals surface area contributed by atoms with Crippen LogP contribution in [0.2, 0.25) is 0 Å². The van der Waals surface area contributed by atoms with Crippen LogP contribution in [0.15, 0.2) is 24.3 Å². The quantitative estimate of drug-likeness (QED) is 0.855. The van der Waals surface area contributed by atoms with Crippen LogP contribution in [0.1, 0.15) is 47.5 Å². The number of rotatable bonds is 5. The maximum Gasteiger partial charge on any atom is 1.00 e. The monoisotopic (exact) mass is 327 g/mol. The Balaban J connectivity index is 0.00000242. The number of aryl methyl sites for hydroxylation is 1. The van der Waals surface area contributed by atoms with Gasteiger partial charge in [0.25, 0.3) is 0 Å². The fraction of sp³-hybridized carbons (Fsp3) is 0.667. The predicted molar refractivity (Wildman–Crippen MR) is 87.9 cm³/mol. The molecule has 1 aliphatic rings. The lowest BCUT2D eigenvalue weighted by Gasteiger charge is -2.41. The molecule has 1 heterocycles. The molecule has 1 aliphatic heterocycles. The maximum atomic E-state index is 10.4. The standard InChI is InChI=1S/C18H29NO2.ClH/c1-14-8-6-7-9-16(14)21-13-15(20)12-19-17(2,3)10-11-18(19,4)5;/h6-9,15,20H,10-13H2,1-5H3;1H. The molecule has 1 aromatic carbocycles. The zero-order valence-corrected chi connectivity index (χ0v) is 15.2. The number of β-amino-alcohol motifs (C(OH)–C–C–N with tert-alkyl or cyclic N) is 1. The van der Waals surface area contributed by atoms with Crippen molar-refractivity contribution in [2.75, 3.05) is 13.2 Å². The van der Waals surface area contributed by atoms with Gasteiger partial charge in [-0.2, -0.15) is 0 Å². The number of likely N-dealkylation sites (tertiary alicyclic amines) is 1. The van der Waals surface area contributed by atoms with Gasteiger partial charge in [0, 0.05) is 17.6 Å². The van der Waals surface area contributed by atoms with Crippen LogP contribution in [0.5, 0.6) is 5.75 Å². The van der Waals surface area contributed by atoms with E-state index in [-0.39, 0.29) is 24.9 Å². The number of para-hydroxylation sites is 1. The molecule has 0 saturated carbocycles. The Morgan fingerprint density at radius 2 is 1.73 bits per heavy atom. The molecule has 0 spiro atoms. The van der Waals surface area contributed by atoms with Gasteiger partial charge in [-0.05, 0) is 59.1 Å². The van der Waals surface area contributed by atoms with E-state index in [0.717, 1.165) is 11.3 Å². The molecule has 1 aromatic rings. The Bertz CT molecular complexity index is 478. The number of benzene rings is 1. The number of aliphatic hydroxyl groups is 1. The first-order valence-electron chi connectivity index (χ1n) is 7.87. The molecule has 2 rings (SSSR count). The molecule has 1 N–H and O–H groups in total. The van der Waals surface area contributed by atoms with Gasteiger partial charge in [-0.25, -0.2) is 0 Å². The summed E-state index contributed by atoms with van der Waals surface area (Å²) in [6, 6.07) is 7.93. The summed E-state index contributed by atoms with van der Waals surface area (Å²) in [5, 5.41) is 10.4. The van der Waals surface area contributed by atoms with Crippen LogP contribution in [0, 0.1) is 6.92 Å². The second-order valence-electron chi connectivity index (χ2n) is 7.47. The van der Waals surface area contributed by atoms with E-state index < -0.39 is 6.10 Å². The van der Waals surface area contributed by atoms with E-state index in [4.69, 9.17) is 4.74 Å². The van der Waals surface area contributed by atoms with Crippen molar-refractivity contribution >= 4 is 0 Å². The number of halogens is 1. The summed E-state index contributed by atoms with van der Waals surface area (Å²) in [5.74, 6) is 0.858. The summed E-state index contributed by atoms with van der Waals surface area (Å²) in [7, 11) is 0. The van der Waals surface area contributed by atoms with Gasteiger partial charge in [-0.3, -0.25) is 4.90 Å². The Morgan fingerprint density at radius 3 is 2.27 bits per heavy atom. The number of aliphatic hydroxyl groups excluding tert-OH is 1. The molecule has 1 saturated heterocycles. The molecular formula is C18H30ClNO2. The largest absolute Gasteiger partial charge is 1.00 e. The third-order valence-corrected chi connectivity index (χ3v) is 4.73. The van der Waals surface area contributed by atoms with Crippen molar-refractivity contribution < 1.29 is 23.7 Å². The van der Waals surface area contributed by atoms with E-state index in [9.17, 15) is 5.11 Å². The molecule has 0 bridgehead atoms. The fourth-order valence-electron chi connectivity index (χ4n) is 3.36. The topological polar surface area (TPSA) is 32.7 Å². The molecule has 1 unspecified atom stereocenters. The molecule has 0 amide bonds. The van der Waals surface area contributed by atoms with Crippen LogP contribution in [-0.4, -0.2) is 40.3 Å². The Labute approximate surface area is 142 Å². The molecule has 0 aromatic heterocycles. The molecule has 126 valence electrons. The average Bonchev–Trinajstić information content (AvgIpc) is 2.61. The molecule has 0 aliphatic carbocycles. The van der Waals surface area contributed by atoms with Crippen LogP contribution in [-0.2, 0) is 0 Å². The lowest BCUT2D eigenvalue weighted by molar-refractivity contribution is -0.0000112. The first kappa shape index (κ1) is 19.3. The smallest absolute Gasteiger partial charge is 1.00 e. The zero-order chi connectivity index (χ0) is 15.7. The van der Waals surface area contributed by atoms with Gasteiger partial charge in [0.15, 0.2) is 0 Å². The first-order valence-corrected chi connectivity index (χ1v) is 7.87. The second-order valence-corrected chi connectivity index (χ2v) is 7.47. The van der Waals surface area contributed by atoms with Gasteiger partial charge in [0.05, 0.1) is 0 Å². The second kappa shape index (κ2) is 7.20. The number of nitrogens with zero attached hydrogens (tertiary/aromatic N) is 1. The van der Waals surface area contributed by atoms with Crippen molar-refractivity contribution in [3.8, 4) is 5.75 Å². The van der Waals surface area contributed by atoms with Crippen molar-refractivity contribution in [2.24, 2.45) is 0 Å². The lowest BCUT2D eigenvalue weighted by atomic mass is 10.0. The Hall–Kier alpha value is -0.770. The van der Waals surface area contributed by atoms with Crippen LogP contribution >= 0.6 is 0 Å². The van der Waals surface area contributed by atoms with Crippen LogP contribution < -0.4 is 17.1 Å². The van der Waals surface area contributed by atoms with Crippen molar-refractivity contribution in [1.29, 1.82) is 0 Å². The molecule has 4 heteroatoms. The molecule has 22 heavy (non-hydrogen) atoms. The summed E-state index contributed by atoms with van der Waals surface area (Å²) in [6.45, 7) is 12.1. The van der Waals surface area contributed by atoms with Crippen LogP contribution in [0.3, 0.4) is 0 Å². The highest BCUT2D eigenvalue weighted by atomic mass is 35.5. The van der Waals surface area contributed by atoms with E-state index in [1.54, 1.807) is 0 Å². The van der Waals surface area contributed by atoms with Crippen LogP contribution in [0.25, 0.3) is 0 Å². The van der Waals surface area contributed by atoms with Gasteiger partial charge < -0.3 is 22.3 Å². The van der Waals surface area contributed by atoms with E-state index in [1.807, 2.05) is 31.2 Å². The summed E-state index contributed by atoms with van der Waals surface area (Å²) in [5.41, 5.74) is 1.40. The highest BCUT2D eigenvalue weighted by Gasteiger charge is 2.44. The molecule has 1 fully saturated rings. The highest BCUT2D eigenvalue weighted by Crippen LogP contribution is 2.40. The maximum absolute atomic E-state index is 10.4. The molecule has 0 radical (unpaired) electrons. The minimum Gasteiger partial charge on any atom is -1.00 e. The average molecular weight is 328 g/mol. The van der Waals surface area contributed by atoms with Gasteiger partial charge in [0.1, 0.15) is 18.5 Å². The van der Waals surface area contributed by atoms with E-state index >= 15 is 0 Å². The molecule has 1 atom stereocenters. The van der Waals surface area contributed by atoms with E-state index in [1.165, 1.54) is 12.8 Å². The van der Waals surface area contributed by atoms with Crippen LogP contribution in [0.4, 0.5) is 0 Å². The highest BCUT2D eigenvalue weighted by molar-refractivity contribution is 5.31. The van der Waals surface area contributed by atoms with Gasteiger partial charge in [0.2, 0.25) is 0 Å². The summed E-state index contributed by atoms with van der Waals surface area (Å²) < 4.78 is 5.77. The summed E-state index contributed by atoms with van der Waals surface area (Å²) in [6.07, 6.45) is 1.87. The minimum absolute atomic E-state index is 0. The van der Waals surface area contributed by atoms with Crippen molar-refractivity contribution in [3.05, 3.63) is 29.8 Å². The minimum atomic E-state index is -0.471. The zero-order valence-electron chi connectivity index (χ0n) is 15.4. The lowest BCUT2D eigenvalue weighted by Crippen LogP contribution is -3.00. The SMILES string of the molecule is Cc1ccccc1OCC(O)CN1C(C)(C)CCC1(C)C.[Cl-].[H+]. The van der Waals surface area contributed by atoms with Gasteiger partial charge in [-0.15, -0.1) is 0 Å². The number of hydrogen-bond acceptors (Lipinski definition) is 3. The predicted octanol–water partition coefficient (Wildman–Crippen LogP) is 0.504. The van der Waals surface area contributed by atoms with Crippen molar-refractivity contribution in [2.45, 2.75) is 64.6 Å². The third kappa shape index (κ3) is 4.37. The first-order chi connectivity index (χ1) is 9.72. The normalized spacial score (nSPS) is 21.2. The summed E-state index contributed by atoms with van der Waals surface area (Å²) >= 11 is 0. The van der Waals surface area contributed by atoms with Gasteiger partial charge in [-0.1, -0.05) is 18.2 Å². The van der Waals surface area contributed by atoms with Gasteiger partial charge >= 0.3 is 1.43 Å². The fourth-order valence-corrected chi connectivity index (χ4v) is 3.36. The van der Waals surface area contributed by atoms with E-state index in [0.29, 0.717) is 13.2 Å². The molecule has 3 nitrogen and oxygen atoms in total. The molecular weight excluding hydrogens is 298 g/mol. The Kier molecular flexibility index (Phi) is 6.31. The third-order valence-electron chi connectivity index (χ3n) is 4.73. The number of hydrogen-bond donors (Lipinski definition) is 1. The van der Waals surface area contributed by atoms with Crippen molar-refractivity contribution in [3.63, 3.8) is 0 Å². The number of ether oxygens (including phenoxy) is 1.